The second kappa shape index (κ2) is 7.20. The SMILES string of the molecule is CCOC(=O)N1CCC(NC(=O)c2cc(F)ccc2F)CC1. The molecule has 1 aliphatic heterocycles. The van der Waals surface area contributed by atoms with E-state index in [2.05, 4.69) is 5.32 Å². The Morgan fingerprint density at radius 2 is 2.00 bits per heavy atom. The van der Waals surface area contributed by atoms with Crippen LogP contribution >= 0.6 is 0 Å². The number of ether oxygens (including phenoxy) is 1. The third-order valence-corrected chi connectivity index (χ3v) is 3.53. The van der Waals surface area contributed by atoms with Crippen molar-refractivity contribution in [3.05, 3.63) is 35.4 Å². The van der Waals surface area contributed by atoms with Gasteiger partial charge in [-0.15, -0.1) is 0 Å². The highest BCUT2D eigenvalue weighted by atomic mass is 19.1. The molecule has 1 saturated heterocycles. The molecular formula is C15H18F2N2O3. The molecule has 1 fully saturated rings. The largest absolute Gasteiger partial charge is 0.450 e. The number of halogens is 2. The highest BCUT2D eigenvalue weighted by Crippen LogP contribution is 2.14. The molecule has 1 aromatic carbocycles. The molecule has 1 aliphatic rings. The molecule has 0 spiro atoms. The number of carbonyl (C=O) groups excluding carboxylic acids is 2. The summed E-state index contributed by atoms with van der Waals surface area (Å²) in [6.07, 6.45) is 0.714. The van der Waals surface area contributed by atoms with Gasteiger partial charge in [-0.05, 0) is 38.0 Å². The summed E-state index contributed by atoms with van der Waals surface area (Å²) in [4.78, 5) is 25.1. The van der Waals surface area contributed by atoms with Crippen molar-refractivity contribution >= 4 is 12.0 Å². The number of nitrogens with one attached hydrogen (secondary N) is 1. The minimum Gasteiger partial charge on any atom is -0.450 e. The van der Waals surface area contributed by atoms with Crippen molar-refractivity contribution in [1.29, 1.82) is 0 Å². The van der Waals surface area contributed by atoms with Crippen LogP contribution in [0, 0.1) is 11.6 Å². The van der Waals surface area contributed by atoms with Crippen molar-refractivity contribution in [3.8, 4) is 0 Å². The zero-order valence-corrected chi connectivity index (χ0v) is 12.3. The molecule has 22 heavy (non-hydrogen) atoms. The normalized spacial score (nSPS) is 15.5. The van der Waals surface area contributed by atoms with Crippen LogP contribution in [0.2, 0.25) is 0 Å². The summed E-state index contributed by atoms with van der Waals surface area (Å²) in [5, 5.41) is 2.67. The summed E-state index contributed by atoms with van der Waals surface area (Å²) in [5.41, 5.74) is -0.312. The van der Waals surface area contributed by atoms with Gasteiger partial charge in [-0.25, -0.2) is 13.6 Å². The number of likely N-dealkylation sites (tertiary alicyclic amines) is 1. The second-order valence-corrected chi connectivity index (χ2v) is 5.06. The van der Waals surface area contributed by atoms with Gasteiger partial charge < -0.3 is 15.0 Å². The molecule has 120 valence electrons. The van der Waals surface area contributed by atoms with E-state index in [-0.39, 0.29) is 17.7 Å². The lowest BCUT2D eigenvalue weighted by Crippen LogP contribution is -2.46. The highest BCUT2D eigenvalue weighted by molar-refractivity contribution is 5.94. The molecule has 0 bridgehead atoms. The summed E-state index contributed by atoms with van der Waals surface area (Å²) in [6.45, 7) is 2.96. The lowest BCUT2D eigenvalue weighted by molar-refractivity contribution is 0.0857. The fourth-order valence-corrected chi connectivity index (χ4v) is 2.36. The monoisotopic (exact) mass is 312 g/mol. The Morgan fingerprint density at radius 3 is 2.64 bits per heavy atom. The average molecular weight is 312 g/mol. The van der Waals surface area contributed by atoms with E-state index >= 15 is 0 Å². The van der Waals surface area contributed by atoms with Crippen LogP contribution in [-0.2, 0) is 4.74 Å². The van der Waals surface area contributed by atoms with Gasteiger partial charge in [0.15, 0.2) is 0 Å². The van der Waals surface area contributed by atoms with E-state index in [0.717, 1.165) is 18.2 Å². The van der Waals surface area contributed by atoms with Crippen LogP contribution in [-0.4, -0.2) is 42.6 Å². The molecule has 1 N–H and O–H groups in total. The number of rotatable bonds is 3. The quantitative estimate of drug-likeness (QED) is 0.932. The van der Waals surface area contributed by atoms with Crippen LogP contribution in [0.1, 0.15) is 30.1 Å². The Labute approximate surface area is 127 Å². The van der Waals surface area contributed by atoms with Crippen LogP contribution in [0.25, 0.3) is 0 Å². The molecule has 0 saturated carbocycles. The van der Waals surface area contributed by atoms with Crippen LogP contribution in [0.15, 0.2) is 18.2 Å². The third-order valence-electron chi connectivity index (χ3n) is 3.53. The predicted octanol–water partition coefficient (Wildman–Crippen LogP) is 2.32. The highest BCUT2D eigenvalue weighted by Gasteiger charge is 2.25. The Morgan fingerprint density at radius 1 is 1.32 bits per heavy atom. The van der Waals surface area contributed by atoms with Gasteiger partial charge in [-0.3, -0.25) is 4.79 Å². The van der Waals surface area contributed by atoms with E-state index in [1.807, 2.05) is 0 Å². The van der Waals surface area contributed by atoms with Gasteiger partial charge in [0.05, 0.1) is 12.2 Å². The zero-order valence-electron chi connectivity index (χ0n) is 12.3. The van der Waals surface area contributed by atoms with Crippen LogP contribution in [0.5, 0.6) is 0 Å². The van der Waals surface area contributed by atoms with Gasteiger partial charge in [0.25, 0.3) is 5.91 Å². The third kappa shape index (κ3) is 3.93. The molecule has 7 heteroatoms. The molecule has 1 heterocycles. The number of piperidine rings is 1. The fraction of sp³-hybridized carbons (Fsp3) is 0.467. The molecule has 2 amide bonds. The van der Waals surface area contributed by atoms with Crippen molar-refractivity contribution in [3.63, 3.8) is 0 Å². The van der Waals surface area contributed by atoms with Crippen LogP contribution < -0.4 is 5.32 Å². The molecule has 5 nitrogen and oxygen atoms in total. The predicted molar refractivity (Wildman–Crippen MR) is 75.4 cm³/mol. The Kier molecular flexibility index (Phi) is 5.30. The zero-order chi connectivity index (χ0) is 16.1. The maximum absolute atomic E-state index is 13.5. The van der Waals surface area contributed by atoms with Crippen molar-refractivity contribution in [2.75, 3.05) is 19.7 Å². The molecular weight excluding hydrogens is 294 g/mol. The standard InChI is InChI=1S/C15H18F2N2O3/c1-2-22-15(21)19-7-5-11(6-8-19)18-14(20)12-9-10(16)3-4-13(12)17/h3-4,9,11H,2,5-8H2,1H3,(H,18,20). The average Bonchev–Trinajstić information content (AvgIpc) is 2.50. The number of amides is 2. The number of benzene rings is 1. The Balaban J connectivity index is 1.89. The Bertz CT molecular complexity index is 558. The van der Waals surface area contributed by atoms with Gasteiger partial charge in [-0.1, -0.05) is 0 Å². The van der Waals surface area contributed by atoms with Gasteiger partial charge in [0.1, 0.15) is 11.6 Å². The van der Waals surface area contributed by atoms with Gasteiger partial charge in [-0.2, -0.15) is 0 Å². The lowest BCUT2D eigenvalue weighted by Gasteiger charge is -2.31. The van der Waals surface area contributed by atoms with E-state index in [1.165, 1.54) is 0 Å². The number of carbonyl (C=O) groups is 2. The molecule has 0 radical (unpaired) electrons. The van der Waals surface area contributed by atoms with E-state index in [0.29, 0.717) is 32.5 Å². The van der Waals surface area contributed by atoms with Crippen molar-refractivity contribution in [2.24, 2.45) is 0 Å². The first-order chi connectivity index (χ1) is 10.5. The van der Waals surface area contributed by atoms with E-state index in [9.17, 15) is 18.4 Å². The maximum Gasteiger partial charge on any atom is 0.409 e. The minimum atomic E-state index is -0.761. The smallest absolute Gasteiger partial charge is 0.409 e. The first-order valence-corrected chi connectivity index (χ1v) is 7.19. The summed E-state index contributed by atoms with van der Waals surface area (Å²) in [7, 11) is 0. The van der Waals surface area contributed by atoms with E-state index < -0.39 is 17.5 Å². The molecule has 0 aromatic heterocycles. The van der Waals surface area contributed by atoms with Crippen molar-refractivity contribution in [1.82, 2.24) is 10.2 Å². The summed E-state index contributed by atoms with van der Waals surface area (Å²) < 4.78 is 31.5. The number of hydrogen-bond donors (Lipinski definition) is 1. The van der Waals surface area contributed by atoms with Gasteiger partial charge in [0, 0.05) is 19.1 Å². The van der Waals surface area contributed by atoms with E-state index in [4.69, 9.17) is 4.74 Å². The van der Waals surface area contributed by atoms with E-state index in [1.54, 1.807) is 11.8 Å². The topological polar surface area (TPSA) is 58.6 Å². The minimum absolute atomic E-state index is 0.180. The van der Waals surface area contributed by atoms with Gasteiger partial charge >= 0.3 is 6.09 Å². The molecule has 0 aliphatic carbocycles. The molecule has 1 aromatic rings. The number of nitrogens with zero attached hydrogens (tertiary/aromatic N) is 1. The number of hydrogen-bond acceptors (Lipinski definition) is 3. The van der Waals surface area contributed by atoms with Gasteiger partial charge in [0.2, 0.25) is 0 Å². The first kappa shape index (κ1) is 16.2. The summed E-state index contributed by atoms with van der Waals surface area (Å²) >= 11 is 0. The first-order valence-electron chi connectivity index (χ1n) is 7.19. The second-order valence-electron chi connectivity index (χ2n) is 5.06. The molecule has 0 unspecified atom stereocenters. The summed E-state index contributed by atoms with van der Waals surface area (Å²) in [6, 6.07) is 2.58. The molecule has 2 rings (SSSR count). The Hall–Kier alpha value is -2.18. The van der Waals surface area contributed by atoms with Crippen LogP contribution in [0.4, 0.5) is 13.6 Å². The van der Waals surface area contributed by atoms with Crippen molar-refractivity contribution < 1.29 is 23.1 Å². The van der Waals surface area contributed by atoms with Crippen LogP contribution in [0.3, 0.4) is 0 Å². The van der Waals surface area contributed by atoms with Crippen molar-refractivity contribution in [2.45, 2.75) is 25.8 Å². The fourth-order valence-electron chi connectivity index (χ4n) is 2.36. The maximum atomic E-state index is 13.5. The summed E-state index contributed by atoms with van der Waals surface area (Å²) in [5.74, 6) is -2.07. The lowest BCUT2D eigenvalue weighted by atomic mass is 10.0. The molecule has 0 atom stereocenters.